The Labute approximate surface area is 103 Å². The minimum absolute atomic E-state index is 0.0933. The molecule has 1 aromatic carbocycles. The molecule has 0 spiro atoms. The fourth-order valence-electron chi connectivity index (χ4n) is 2.25. The average Bonchev–Trinajstić information content (AvgIpc) is 2.35. The maximum atomic E-state index is 6.25. The standard InChI is InChI=1S/C15H21NO/c1-11-5-6-12(2)14(8-11)9-15(16)13-4-3-7-17-10-13/h5-6,8,10,15H,3-4,7,9,16H2,1-2H3. The zero-order chi connectivity index (χ0) is 12.3. The van der Waals surface area contributed by atoms with Crippen LogP contribution in [0.4, 0.5) is 0 Å². The van der Waals surface area contributed by atoms with Crippen molar-refractivity contribution in [2.24, 2.45) is 5.73 Å². The van der Waals surface area contributed by atoms with E-state index < -0.39 is 0 Å². The van der Waals surface area contributed by atoms with Crippen molar-refractivity contribution in [2.45, 2.75) is 39.2 Å². The quantitative estimate of drug-likeness (QED) is 0.868. The molecular weight excluding hydrogens is 210 g/mol. The van der Waals surface area contributed by atoms with E-state index in [9.17, 15) is 0 Å². The van der Waals surface area contributed by atoms with Crippen LogP contribution in [-0.4, -0.2) is 12.6 Å². The van der Waals surface area contributed by atoms with Crippen molar-refractivity contribution in [1.29, 1.82) is 0 Å². The van der Waals surface area contributed by atoms with Crippen LogP contribution in [0.15, 0.2) is 30.0 Å². The van der Waals surface area contributed by atoms with E-state index in [1.807, 2.05) is 6.26 Å². The molecule has 2 N–H and O–H groups in total. The Bertz CT molecular complexity index is 423. The zero-order valence-corrected chi connectivity index (χ0v) is 10.7. The molecule has 0 saturated carbocycles. The lowest BCUT2D eigenvalue weighted by Crippen LogP contribution is -2.27. The summed E-state index contributed by atoms with van der Waals surface area (Å²) >= 11 is 0. The van der Waals surface area contributed by atoms with Crippen LogP contribution in [-0.2, 0) is 11.2 Å². The van der Waals surface area contributed by atoms with E-state index in [-0.39, 0.29) is 6.04 Å². The molecule has 2 heteroatoms. The van der Waals surface area contributed by atoms with Gasteiger partial charge in [0.05, 0.1) is 12.9 Å². The van der Waals surface area contributed by atoms with Crippen molar-refractivity contribution < 1.29 is 4.74 Å². The van der Waals surface area contributed by atoms with E-state index in [2.05, 4.69) is 32.0 Å². The van der Waals surface area contributed by atoms with E-state index in [1.165, 1.54) is 22.3 Å². The Morgan fingerprint density at radius 1 is 1.35 bits per heavy atom. The van der Waals surface area contributed by atoms with Gasteiger partial charge in [-0.15, -0.1) is 0 Å². The molecule has 17 heavy (non-hydrogen) atoms. The molecule has 1 atom stereocenters. The third-order valence-corrected chi connectivity index (χ3v) is 3.38. The smallest absolute Gasteiger partial charge is 0.0876 e. The van der Waals surface area contributed by atoms with Gasteiger partial charge in [0.15, 0.2) is 0 Å². The molecule has 0 amide bonds. The Kier molecular flexibility index (Phi) is 3.85. The summed E-state index contributed by atoms with van der Waals surface area (Å²) in [6.45, 7) is 5.10. The summed E-state index contributed by atoms with van der Waals surface area (Å²) in [7, 11) is 0. The first kappa shape index (κ1) is 12.2. The molecular formula is C15H21NO. The topological polar surface area (TPSA) is 35.2 Å². The number of benzene rings is 1. The second-order valence-electron chi connectivity index (χ2n) is 4.91. The summed E-state index contributed by atoms with van der Waals surface area (Å²) in [5.74, 6) is 0. The van der Waals surface area contributed by atoms with Crippen LogP contribution in [0.3, 0.4) is 0 Å². The van der Waals surface area contributed by atoms with Crippen LogP contribution in [0.25, 0.3) is 0 Å². The van der Waals surface area contributed by atoms with E-state index in [0.717, 1.165) is 25.9 Å². The van der Waals surface area contributed by atoms with E-state index in [0.29, 0.717) is 0 Å². The second-order valence-corrected chi connectivity index (χ2v) is 4.91. The molecule has 1 aliphatic rings. The van der Waals surface area contributed by atoms with Crippen molar-refractivity contribution in [2.75, 3.05) is 6.61 Å². The van der Waals surface area contributed by atoms with Gasteiger partial charge in [-0.25, -0.2) is 0 Å². The Balaban J connectivity index is 2.09. The minimum atomic E-state index is 0.0933. The summed E-state index contributed by atoms with van der Waals surface area (Å²) in [6, 6.07) is 6.64. The number of nitrogens with two attached hydrogens (primary N) is 1. The number of ether oxygens (including phenoxy) is 1. The van der Waals surface area contributed by atoms with Gasteiger partial charge in [0, 0.05) is 6.04 Å². The van der Waals surface area contributed by atoms with Crippen molar-refractivity contribution >= 4 is 0 Å². The van der Waals surface area contributed by atoms with Gasteiger partial charge in [0.2, 0.25) is 0 Å². The summed E-state index contributed by atoms with van der Waals surface area (Å²) in [4.78, 5) is 0. The highest BCUT2D eigenvalue weighted by Crippen LogP contribution is 2.19. The molecule has 1 aliphatic heterocycles. The van der Waals surface area contributed by atoms with Crippen LogP contribution in [0.5, 0.6) is 0 Å². The third kappa shape index (κ3) is 3.10. The van der Waals surface area contributed by atoms with Crippen LogP contribution in [0, 0.1) is 13.8 Å². The molecule has 0 bridgehead atoms. The predicted molar refractivity (Wildman–Crippen MR) is 70.9 cm³/mol. The Hall–Kier alpha value is -1.28. The normalized spacial score (nSPS) is 17.2. The van der Waals surface area contributed by atoms with Gasteiger partial charge in [-0.1, -0.05) is 23.8 Å². The van der Waals surface area contributed by atoms with Gasteiger partial charge in [-0.05, 0) is 49.8 Å². The van der Waals surface area contributed by atoms with Crippen molar-refractivity contribution in [3.8, 4) is 0 Å². The fraction of sp³-hybridized carbons (Fsp3) is 0.467. The maximum absolute atomic E-state index is 6.25. The number of hydrogen-bond acceptors (Lipinski definition) is 2. The molecule has 0 saturated heterocycles. The van der Waals surface area contributed by atoms with Gasteiger partial charge < -0.3 is 10.5 Å². The van der Waals surface area contributed by atoms with E-state index >= 15 is 0 Å². The van der Waals surface area contributed by atoms with Crippen LogP contribution in [0.1, 0.15) is 29.5 Å². The Morgan fingerprint density at radius 2 is 2.18 bits per heavy atom. The van der Waals surface area contributed by atoms with Crippen LogP contribution in [0.2, 0.25) is 0 Å². The van der Waals surface area contributed by atoms with Crippen molar-refractivity contribution in [1.82, 2.24) is 0 Å². The molecule has 92 valence electrons. The number of rotatable bonds is 3. The average molecular weight is 231 g/mol. The van der Waals surface area contributed by atoms with Gasteiger partial charge >= 0.3 is 0 Å². The third-order valence-electron chi connectivity index (χ3n) is 3.38. The lowest BCUT2D eigenvalue weighted by Gasteiger charge is -2.20. The second kappa shape index (κ2) is 5.37. The highest BCUT2D eigenvalue weighted by molar-refractivity contribution is 5.32. The lowest BCUT2D eigenvalue weighted by atomic mass is 9.93. The lowest BCUT2D eigenvalue weighted by molar-refractivity contribution is 0.221. The first-order valence-electron chi connectivity index (χ1n) is 6.29. The minimum Gasteiger partial charge on any atom is -0.501 e. The van der Waals surface area contributed by atoms with Gasteiger partial charge in [0.1, 0.15) is 0 Å². The molecule has 2 rings (SSSR count). The molecule has 1 heterocycles. The SMILES string of the molecule is Cc1ccc(C)c(CC(N)C2=COCCC2)c1. The first-order valence-corrected chi connectivity index (χ1v) is 6.29. The van der Waals surface area contributed by atoms with Crippen molar-refractivity contribution in [3.63, 3.8) is 0 Å². The largest absolute Gasteiger partial charge is 0.501 e. The Morgan fingerprint density at radius 3 is 2.88 bits per heavy atom. The van der Waals surface area contributed by atoms with E-state index in [4.69, 9.17) is 10.5 Å². The maximum Gasteiger partial charge on any atom is 0.0876 e. The highest BCUT2D eigenvalue weighted by atomic mass is 16.5. The summed E-state index contributed by atoms with van der Waals surface area (Å²) in [6.07, 6.45) is 4.93. The monoisotopic (exact) mass is 231 g/mol. The van der Waals surface area contributed by atoms with Gasteiger partial charge in [-0.3, -0.25) is 0 Å². The highest BCUT2D eigenvalue weighted by Gasteiger charge is 2.14. The first-order chi connectivity index (χ1) is 8.16. The number of aryl methyl sites for hydroxylation is 2. The molecule has 0 fully saturated rings. The molecule has 0 aromatic heterocycles. The molecule has 0 aliphatic carbocycles. The number of hydrogen-bond donors (Lipinski definition) is 1. The van der Waals surface area contributed by atoms with Gasteiger partial charge in [0.25, 0.3) is 0 Å². The van der Waals surface area contributed by atoms with E-state index in [1.54, 1.807) is 0 Å². The molecule has 1 unspecified atom stereocenters. The van der Waals surface area contributed by atoms with Gasteiger partial charge in [-0.2, -0.15) is 0 Å². The zero-order valence-electron chi connectivity index (χ0n) is 10.7. The molecule has 2 nitrogen and oxygen atoms in total. The van der Waals surface area contributed by atoms with Crippen LogP contribution >= 0.6 is 0 Å². The summed E-state index contributed by atoms with van der Waals surface area (Å²) in [5.41, 5.74) is 11.5. The summed E-state index contributed by atoms with van der Waals surface area (Å²) in [5, 5.41) is 0. The van der Waals surface area contributed by atoms with Crippen LogP contribution < -0.4 is 5.73 Å². The van der Waals surface area contributed by atoms with Crippen molar-refractivity contribution in [3.05, 3.63) is 46.7 Å². The fourth-order valence-corrected chi connectivity index (χ4v) is 2.25. The summed E-state index contributed by atoms with van der Waals surface area (Å²) < 4.78 is 5.35. The molecule has 0 radical (unpaired) electrons. The predicted octanol–water partition coefficient (Wildman–Crippen LogP) is 2.87. The molecule has 1 aromatic rings.